The first-order chi connectivity index (χ1) is 9.62. The third kappa shape index (κ3) is 2.62. The Labute approximate surface area is 118 Å². The van der Waals surface area contributed by atoms with Crippen molar-refractivity contribution in [3.63, 3.8) is 0 Å². The van der Waals surface area contributed by atoms with Gasteiger partial charge in [-0.2, -0.15) is 0 Å². The number of carbonyl (C=O) groups is 1. The van der Waals surface area contributed by atoms with Gasteiger partial charge in [-0.3, -0.25) is 19.9 Å². The van der Waals surface area contributed by atoms with Crippen molar-refractivity contribution in [2.75, 3.05) is 13.1 Å². The number of amides is 1. The predicted molar refractivity (Wildman–Crippen MR) is 77.3 cm³/mol. The van der Waals surface area contributed by atoms with Crippen LogP contribution in [0.1, 0.15) is 41.9 Å². The topological polar surface area (TPSA) is 80.4 Å². The fourth-order valence-electron chi connectivity index (χ4n) is 2.75. The molecule has 6 heteroatoms. The van der Waals surface area contributed by atoms with Crippen LogP contribution in [0, 0.1) is 0 Å². The van der Waals surface area contributed by atoms with Gasteiger partial charge < -0.3 is 4.57 Å². The molecule has 1 aliphatic rings. The summed E-state index contributed by atoms with van der Waals surface area (Å²) in [5, 5.41) is 0. The fourth-order valence-corrected chi connectivity index (χ4v) is 2.75. The predicted octanol–water partition coefficient (Wildman–Crippen LogP) is 0.240. The summed E-state index contributed by atoms with van der Waals surface area (Å²) in [4.78, 5) is 26.5. The minimum Gasteiger partial charge on any atom is -0.312 e. The summed E-state index contributed by atoms with van der Waals surface area (Å²) in [6.45, 7) is 7.47. The molecule has 0 atom stereocenters. The number of nitrogens with one attached hydrogen (secondary N) is 1. The van der Waals surface area contributed by atoms with E-state index < -0.39 is 5.91 Å². The lowest BCUT2D eigenvalue weighted by Crippen LogP contribution is -2.41. The Balaban J connectivity index is 2.56. The number of hydrogen-bond donors (Lipinski definition) is 2. The first kappa shape index (κ1) is 14.7. The molecule has 0 fully saturated rings. The summed E-state index contributed by atoms with van der Waals surface area (Å²) in [6.07, 6.45) is 1.71. The molecule has 0 radical (unpaired) electrons. The zero-order chi connectivity index (χ0) is 14.7. The summed E-state index contributed by atoms with van der Waals surface area (Å²) in [6, 6.07) is 1.70. The van der Waals surface area contributed by atoms with Crippen LogP contribution in [0.5, 0.6) is 0 Å². The lowest BCUT2D eigenvalue weighted by molar-refractivity contribution is 0.0951. The number of pyridine rings is 1. The number of rotatable bonds is 4. The van der Waals surface area contributed by atoms with Crippen molar-refractivity contribution in [2.24, 2.45) is 5.84 Å². The zero-order valence-corrected chi connectivity index (χ0v) is 12.1. The molecule has 0 unspecified atom stereocenters. The van der Waals surface area contributed by atoms with E-state index in [2.05, 4.69) is 17.2 Å². The highest BCUT2D eigenvalue weighted by Gasteiger charge is 2.22. The van der Waals surface area contributed by atoms with E-state index >= 15 is 0 Å². The SMILES string of the molecule is CCCn1c2c(cc(C(=O)NN)c1=O)CN(CC)CC2. The van der Waals surface area contributed by atoms with Crippen LogP contribution in [0.2, 0.25) is 0 Å². The first-order valence-corrected chi connectivity index (χ1v) is 7.11. The Morgan fingerprint density at radius 3 is 2.80 bits per heavy atom. The maximum absolute atomic E-state index is 12.4. The highest BCUT2D eigenvalue weighted by Crippen LogP contribution is 2.19. The lowest BCUT2D eigenvalue weighted by atomic mass is 10.0. The fraction of sp³-hybridized carbons (Fsp3) is 0.571. The van der Waals surface area contributed by atoms with Gasteiger partial charge in [-0.05, 0) is 24.6 Å². The Bertz CT molecular complexity index is 565. The van der Waals surface area contributed by atoms with Crippen LogP contribution in [0.4, 0.5) is 0 Å². The second kappa shape index (κ2) is 6.19. The largest absolute Gasteiger partial charge is 0.312 e. The third-order valence-corrected chi connectivity index (χ3v) is 3.82. The molecule has 20 heavy (non-hydrogen) atoms. The van der Waals surface area contributed by atoms with Crippen LogP contribution in [-0.2, 0) is 19.5 Å². The van der Waals surface area contributed by atoms with E-state index in [-0.39, 0.29) is 11.1 Å². The van der Waals surface area contributed by atoms with Crippen molar-refractivity contribution in [2.45, 2.75) is 39.8 Å². The van der Waals surface area contributed by atoms with Crippen molar-refractivity contribution in [1.82, 2.24) is 14.9 Å². The van der Waals surface area contributed by atoms with E-state index in [1.807, 2.05) is 6.92 Å². The lowest BCUT2D eigenvalue weighted by Gasteiger charge is -2.30. The van der Waals surface area contributed by atoms with Crippen molar-refractivity contribution < 1.29 is 4.79 Å². The Kier molecular flexibility index (Phi) is 4.57. The number of hydrazine groups is 1. The number of aromatic nitrogens is 1. The van der Waals surface area contributed by atoms with E-state index in [4.69, 9.17) is 5.84 Å². The van der Waals surface area contributed by atoms with Gasteiger partial charge in [0, 0.05) is 31.7 Å². The van der Waals surface area contributed by atoms with Crippen molar-refractivity contribution in [3.05, 3.63) is 33.2 Å². The molecule has 0 spiro atoms. The zero-order valence-electron chi connectivity index (χ0n) is 12.1. The summed E-state index contributed by atoms with van der Waals surface area (Å²) in [5.74, 6) is 4.65. The maximum atomic E-state index is 12.4. The van der Waals surface area contributed by atoms with Crippen LogP contribution >= 0.6 is 0 Å². The number of nitrogens with zero attached hydrogens (tertiary/aromatic N) is 2. The highest BCUT2D eigenvalue weighted by atomic mass is 16.2. The van der Waals surface area contributed by atoms with Gasteiger partial charge in [-0.1, -0.05) is 13.8 Å². The van der Waals surface area contributed by atoms with Crippen LogP contribution in [-0.4, -0.2) is 28.5 Å². The molecule has 6 nitrogen and oxygen atoms in total. The molecule has 110 valence electrons. The average Bonchev–Trinajstić information content (AvgIpc) is 2.48. The molecule has 1 amide bonds. The molecule has 0 saturated carbocycles. The molecule has 0 bridgehead atoms. The van der Waals surface area contributed by atoms with Gasteiger partial charge in [-0.25, -0.2) is 5.84 Å². The van der Waals surface area contributed by atoms with E-state index in [1.54, 1.807) is 10.6 Å². The van der Waals surface area contributed by atoms with Gasteiger partial charge in [0.25, 0.3) is 11.5 Å². The third-order valence-electron chi connectivity index (χ3n) is 3.82. The number of fused-ring (bicyclic) bond motifs is 1. The van der Waals surface area contributed by atoms with Crippen molar-refractivity contribution >= 4 is 5.91 Å². The van der Waals surface area contributed by atoms with Gasteiger partial charge >= 0.3 is 0 Å². The summed E-state index contributed by atoms with van der Waals surface area (Å²) in [5.41, 5.74) is 4.08. The Morgan fingerprint density at radius 2 is 2.20 bits per heavy atom. The summed E-state index contributed by atoms with van der Waals surface area (Å²) < 4.78 is 1.74. The van der Waals surface area contributed by atoms with E-state index in [0.717, 1.165) is 43.7 Å². The molecule has 1 aromatic rings. The average molecular weight is 278 g/mol. The second-order valence-electron chi connectivity index (χ2n) is 5.08. The van der Waals surface area contributed by atoms with Gasteiger partial charge in [0.15, 0.2) is 0 Å². The number of nitrogens with two attached hydrogens (primary N) is 1. The van der Waals surface area contributed by atoms with Crippen LogP contribution in [0.15, 0.2) is 10.9 Å². The molecular weight excluding hydrogens is 256 g/mol. The summed E-state index contributed by atoms with van der Waals surface area (Å²) in [7, 11) is 0. The normalized spacial score (nSPS) is 14.9. The Hall–Kier alpha value is -1.66. The molecule has 1 aromatic heterocycles. The monoisotopic (exact) mass is 278 g/mol. The maximum Gasteiger partial charge on any atom is 0.270 e. The van der Waals surface area contributed by atoms with Crippen molar-refractivity contribution in [3.8, 4) is 0 Å². The minimum atomic E-state index is -0.517. The van der Waals surface area contributed by atoms with Gasteiger partial charge in [0.1, 0.15) is 5.56 Å². The summed E-state index contributed by atoms with van der Waals surface area (Å²) >= 11 is 0. The number of carbonyl (C=O) groups excluding carboxylic acids is 1. The molecule has 2 heterocycles. The molecule has 2 rings (SSSR count). The minimum absolute atomic E-state index is 0.137. The first-order valence-electron chi connectivity index (χ1n) is 7.11. The quantitative estimate of drug-likeness (QED) is 0.470. The molecule has 0 aliphatic carbocycles. The van der Waals surface area contributed by atoms with Crippen LogP contribution in [0.25, 0.3) is 0 Å². The number of hydrogen-bond acceptors (Lipinski definition) is 4. The molecule has 3 N–H and O–H groups in total. The van der Waals surface area contributed by atoms with Gasteiger partial charge in [0.05, 0.1) is 0 Å². The number of likely N-dealkylation sites (N-methyl/N-ethyl adjacent to an activating group) is 1. The van der Waals surface area contributed by atoms with Gasteiger partial charge in [-0.15, -0.1) is 0 Å². The molecule has 1 aliphatic heterocycles. The van der Waals surface area contributed by atoms with Gasteiger partial charge in [0.2, 0.25) is 0 Å². The smallest absolute Gasteiger partial charge is 0.270 e. The van der Waals surface area contributed by atoms with Crippen molar-refractivity contribution in [1.29, 1.82) is 0 Å². The molecule has 0 aromatic carbocycles. The molecule has 0 saturated heterocycles. The van der Waals surface area contributed by atoms with E-state index in [0.29, 0.717) is 6.54 Å². The second-order valence-corrected chi connectivity index (χ2v) is 5.08. The number of nitrogen functional groups attached to an aromatic ring is 1. The van der Waals surface area contributed by atoms with E-state index in [9.17, 15) is 9.59 Å². The van der Waals surface area contributed by atoms with E-state index in [1.165, 1.54) is 0 Å². The van der Waals surface area contributed by atoms with Crippen LogP contribution in [0.3, 0.4) is 0 Å². The highest BCUT2D eigenvalue weighted by molar-refractivity contribution is 5.93. The Morgan fingerprint density at radius 1 is 1.45 bits per heavy atom. The standard InChI is InChI=1S/C14H22N4O2/c1-3-6-18-12-5-7-17(4-2)9-10(12)8-11(14(18)20)13(19)16-15/h8H,3-7,9,15H2,1-2H3,(H,16,19). The molecular formula is C14H22N4O2. The van der Waals surface area contributed by atoms with Crippen LogP contribution < -0.4 is 16.8 Å².